The normalized spacial score (nSPS) is 17.9. The number of ether oxygens (including phenoxy) is 1. The summed E-state index contributed by atoms with van der Waals surface area (Å²) in [4.78, 5) is 47.4. The van der Waals surface area contributed by atoms with Gasteiger partial charge in [-0.1, -0.05) is 35.9 Å². The predicted octanol–water partition coefficient (Wildman–Crippen LogP) is 2.10. The summed E-state index contributed by atoms with van der Waals surface area (Å²) in [5.41, 5.74) is -0.0544. The number of benzene rings is 2. The Labute approximate surface area is 265 Å². The van der Waals surface area contributed by atoms with Crippen molar-refractivity contribution in [3.8, 4) is 5.75 Å². The van der Waals surface area contributed by atoms with E-state index in [1.54, 1.807) is 37.2 Å². The van der Waals surface area contributed by atoms with Crippen LogP contribution in [0.5, 0.6) is 5.75 Å². The maximum atomic E-state index is 13.0. The SMILES string of the molecule is CN(C)C(=O)C(Cc1cc(O)ccc1Cl)CN1CCC2(CC1)OC(CO)c1ccccc12.O=C(O)CC(O)(CC(=O)O)C(=O)O. The second-order valence-electron chi connectivity index (χ2n) is 11.6. The number of nitrogens with zero attached hydrogens (tertiary/aromatic N) is 2. The molecule has 1 amide bonds. The third-order valence-electron chi connectivity index (χ3n) is 8.05. The molecule has 2 aromatic rings. The number of likely N-dealkylation sites (tertiary alicyclic amines) is 1. The molecular formula is C31H39ClN2O11. The number of carboxylic acid groups (broad SMARTS) is 3. The Hall–Kier alpha value is -3.75. The monoisotopic (exact) mass is 650 g/mol. The number of piperidine rings is 1. The average Bonchev–Trinajstić information content (AvgIpc) is 3.28. The van der Waals surface area contributed by atoms with Gasteiger partial charge in [-0.25, -0.2) is 4.79 Å². The van der Waals surface area contributed by atoms with Crippen LogP contribution in [-0.2, 0) is 35.9 Å². The number of fused-ring (bicyclic) bond motifs is 2. The van der Waals surface area contributed by atoms with Crippen molar-refractivity contribution < 1.29 is 54.6 Å². The first-order valence-electron chi connectivity index (χ1n) is 14.3. The van der Waals surface area contributed by atoms with Gasteiger partial charge in [0.2, 0.25) is 5.91 Å². The predicted molar refractivity (Wildman–Crippen MR) is 161 cm³/mol. The molecule has 1 saturated heterocycles. The lowest BCUT2D eigenvalue weighted by atomic mass is 9.83. The van der Waals surface area contributed by atoms with Gasteiger partial charge in [0, 0.05) is 38.8 Å². The zero-order chi connectivity index (χ0) is 33.5. The lowest BCUT2D eigenvalue weighted by Gasteiger charge is -2.41. The van der Waals surface area contributed by atoms with Crippen LogP contribution < -0.4 is 0 Å². The highest BCUT2D eigenvalue weighted by molar-refractivity contribution is 6.31. The molecule has 6 N–H and O–H groups in total. The van der Waals surface area contributed by atoms with E-state index in [2.05, 4.69) is 11.0 Å². The highest BCUT2D eigenvalue weighted by Gasteiger charge is 2.46. The van der Waals surface area contributed by atoms with Gasteiger partial charge in [0.05, 0.1) is 31.0 Å². The number of rotatable bonds is 11. The van der Waals surface area contributed by atoms with Gasteiger partial charge in [-0.15, -0.1) is 0 Å². The second kappa shape index (κ2) is 15.0. The Morgan fingerprint density at radius 2 is 1.64 bits per heavy atom. The van der Waals surface area contributed by atoms with Crippen molar-refractivity contribution in [1.82, 2.24) is 9.80 Å². The smallest absolute Gasteiger partial charge is 0.336 e. The number of phenolic OH excluding ortho intramolecular Hbond substituents is 1. The Kier molecular flexibility index (Phi) is 11.9. The molecule has 2 aromatic carbocycles. The summed E-state index contributed by atoms with van der Waals surface area (Å²) in [6.07, 6.45) is -0.457. The molecule has 2 atom stereocenters. The Bertz CT molecular complexity index is 1380. The summed E-state index contributed by atoms with van der Waals surface area (Å²) >= 11 is 6.34. The van der Waals surface area contributed by atoms with Crippen molar-refractivity contribution in [1.29, 1.82) is 0 Å². The molecule has 2 aliphatic rings. The van der Waals surface area contributed by atoms with Crippen molar-refractivity contribution in [3.05, 3.63) is 64.2 Å². The van der Waals surface area contributed by atoms with Crippen molar-refractivity contribution >= 4 is 35.4 Å². The molecular weight excluding hydrogens is 612 g/mol. The number of amides is 1. The van der Waals surface area contributed by atoms with Crippen LogP contribution in [0.3, 0.4) is 0 Å². The van der Waals surface area contributed by atoms with Gasteiger partial charge < -0.3 is 45.2 Å². The van der Waals surface area contributed by atoms with Crippen LogP contribution in [0, 0.1) is 5.92 Å². The number of aliphatic hydroxyl groups excluding tert-OH is 1. The molecule has 0 aliphatic carbocycles. The van der Waals surface area contributed by atoms with E-state index in [9.17, 15) is 29.4 Å². The van der Waals surface area contributed by atoms with Crippen molar-refractivity contribution in [2.75, 3.05) is 40.3 Å². The molecule has 2 aliphatic heterocycles. The standard InChI is InChI=1S/C25H31ClN2O4.C6H8O7/c1-27(2)24(31)18(13-17-14-19(30)7-8-22(17)26)15-28-11-9-25(10-12-28)21-6-4-3-5-20(21)23(16-29)32-25;7-3(8)1-6(13,5(11)12)2-4(9)10/h3-8,14,18,23,29-30H,9-13,15-16H2,1-2H3;13H,1-2H2,(H,7,8)(H,9,10)(H,11,12). The highest BCUT2D eigenvalue weighted by Crippen LogP contribution is 2.49. The Balaban J connectivity index is 0.000000360. The molecule has 4 rings (SSSR count). The minimum atomic E-state index is -2.74. The van der Waals surface area contributed by atoms with Gasteiger partial charge >= 0.3 is 17.9 Å². The number of hydrogen-bond acceptors (Lipinski definition) is 9. The number of carboxylic acids is 3. The lowest BCUT2D eigenvalue weighted by molar-refractivity contribution is -0.170. The summed E-state index contributed by atoms with van der Waals surface area (Å²) in [6.45, 7) is 2.20. The number of phenols is 1. The fourth-order valence-electron chi connectivity index (χ4n) is 5.82. The maximum absolute atomic E-state index is 13.0. The van der Waals surface area contributed by atoms with Crippen molar-refractivity contribution in [3.63, 3.8) is 0 Å². The molecule has 13 nitrogen and oxygen atoms in total. The fourth-order valence-corrected chi connectivity index (χ4v) is 6.01. The minimum absolute atomic E-state index is 0.0213. The summed E-state index contributed by atoms with van der Waals surface area (Å²) in [7, 11) is 3.53. The van der Waals surface area contributed by atoms with Crippen LogP contribution in [0.2, 0.25) is 5.02 Å². The first-order valence-corrected chi connectivity index (χ1v) is 14.7. The van der Waals surface area contributed by atoms with Gasteiger partial charge in [-0.2, -0.15) is 0 Å². The maximum Gasteiger partial charge on any atom is 0.336 e. The molecule has 0 radical (unpaired) electrons. The number of aromatic hydroxyl groups is 1. The van der Waals surface area contributed by atoms with Gasteiger partial charge in [0.15, 0.2) is 5.60 Å². The minimum Gasteiger partial charge on any atom is -0.508 e. The summed E-state index contributed by atoms with van der Waals surface area (Å²) in [5, 5.41) is 54.0. The topological polar surface area (TPSA) is 205 Å². The van der Waals surface area contributed by atoms with Crippen LogP contribution in [0.1, 0.15) is 48.5 Å². The molecule has 0 aromatic heterocycles. The van der Waals surface area contributed by atoms with Crippen LogP contribution in [0.25, 0.3) is 0 Å². The molecule has 246 valence electrons. The molecule has 1 spiro atoms. The second-order valence-corrected chi connectivity index (χ2v) is 12.0. The zero-order valence-electron chi connectivity index (χ0n) is 25.1. The lowest BCUT2D eigenvalue weighted by Crippen LogP contribution is -2.46. The zero-order valence-corrected chi connectivity index (χ0v) is 25.8. The first kappa shape index (κ1) is 35.7. The van der Waals surface area contributed by atoms with Crippen molar-refractivity contribution in [2.45, 2.75) is 49.4 Å². The van der Waals surface area contributed by atoms with E-state index in [0.717, 1.165) is 37.1 Å². The largest absolute Gasteiger partial charge is 0.508 e. The molecule has 2 unspecified atom stereocenters. The summed E-state index contributed by atoms with van der Waals surface area (Å²) in [6, 6.07) is 13.0. The number of carbonyl (C=O) groups is 4. The molecule has 0 bridgehead atoms. The Morgan fingerprint density at radius 1 is 1.04 bits per heavy atom. The van der Waals surface area contributed by atoms with Gasteiger partial charge in [0.1, 0.15) is 11.9 Å². The molecule has 2 heterocycles. The number of aliphatic carboxylic acids is 3. The van der Waals surface area contributed by atoms with E-state index >= 15 is 0 Å². The molecule has 0 saturated carbocycles. The number of halogens is 1. The van der Waals surface area contributed by atoms with Crippen LogP contribution in [0.4, 0.5) is 0 Å². The van der Waals surface area contributed by atoms with E-state index in [1.165, 1.54) is 5.56 Å². The third-order valence-corrected chi connectivity index (χ3v) is 8.41. The van der Waals surface area contributed by atoms with Crippen LogP contribution in [0.15, 0.2) is 42.5 Å². The van der Waals surface area contributed by atoms with Gasteiger partial charge in [-0.3, -0.25) is 14.4 Å². The molecule has 45 heavy (non-hydrogen) atoms. The first-order chi connectivity index (χ1) is 21.1. The third kappa shape index (κ3) is 8.92. The highest BCUT2D eigenvalue weighted by atomic mass is 35.5. The van der Waals surface area contributed by atoms with E-state index in [-0.39, 0.29) is 35.9 Å². The van der Waals surface area contributed by atoms with E-state index in [0.29, 0.717) is 18.0 Å². The Morgan fingerprint density at radius 3 is 2.18 bits per heavy atom. The van der Waals surface area contributed by atoms with Crippen molar-refractivity contribution in [2.24, 2.45) is 5.92 Å². The van der Waals surface area contributed by atoms with Gasteiger partial charge in [-0.05, 0) is 54.2 Å². The molecule has 14 heteroatoms. The van der Waals surface area contributed by atoms with E-state index in [1.807, 2.05) is 18.2 Å². The van der Waals surface area contributed by atoms with E-state index in [4.69, 9.17) is 36.8 Å². The summed E-state index contributed by atoms with van der Waals surface area (Å²) < 4.78 is 6.38. The number of aliphatic hydroxyl groups is 2. The fraction of sp³-hybridized carbons (Fsp3) is 0.484. The van der Waals surface area contributed by atoms with Crippen LogP contribution in [-0.4, -0.2) is 110 Å². The average molecular weight is 651 g/mol. The molecule has 1 fully saturated rings. The number of hydrogen-bond donors (Lipinski definition) is 6. The quantitative estimate of drug-likeness (QED) is 0.207. The van der Waals surface area contributed by atoms with Gasteiger partial charge in [0.25, 0.3) is 0 Å². The summed E-state index contributed by atoms with van der Waals surface area (Å²) in [5.74, 6) is -5.08. The number of carbonyl (C=O) groups excluding carboxylic acids is 1. The van der Waals surface area contributed by atoms with E-state index < -0.39 is 36.4 Å². The van der Waals surface area contributed by atoms with Crippen LogP contribution >= 0.6 is 11.6 Å².